The number of nitrogens with one attached hydrogen (secondary N) is 1. The van der Waals surface area contributed by atoms with Gasteiger partial charge in [0.05, 0.1) is 6.10 Å². The van der Waals surface area contributed by atoms with Gasteiger partial charge >= 0.3 is 0 Å². The van der Waals surface area contributed by atoms with Crippen molar-refractivity contribution >= 4 is 5.91 Å². The van der Waals surface area contributed by atoms with Gasteiger partial charge in [-0.25, -0.2) is 0 Å². The van der Waals surface area contributed by atoms with Crippen molar-refractivity contribution in [1.29, 1.82) is 0 Å². The molecule has 0 aliphatic rings. The highest BCUT2D eigenvalue weighted by atomic mass is 16.5. The number of rotatable bonds is 6. The molecule has 1 rings (SSSR count). The van der Waals surface area contributed by atoms with E-state index in [4.69, 9.17) is 4.74 Å². The summed E-state index contributed by atoms with van der Waals surface area (Å²) < 4.78 is 5.34. The van der Waals surface area contributed by atoms with Crippen LogP contribution in [0.2, 0.25) is 0 Å². The first-order valence-electron chi connectivity index (χ1n) is 6.23. The van der Waals surface area contributed by atoms with E-state index in [2.05, 4.69) is 5.32 Å². The lowest BCUT2D eigenvalue weighted by Crippen LogP contribution is -2.34. The number of aliphatic hydroxyl groups excluding tert-OH is 1. The molecule has 1 aromatic rings. The van der Waals surface area contributed by atoms with Crippen molar-refractivity contribution < 1.29 is 14.6 Å². The van der Waals surface area contributed by atoms with Gasteiger partial charge in [-0.1, -0.05) is 19.1 Å². The van der Waals surface area contributed by atoms with Gasteiger partial charge in [0.25, 0.3) is 5.91 Å². The average Bonchev–Trinajstić information content (AvgIpc) is 2.35. The number of hydrogen-bond acceptors (Lipinski definition) is 3. The molecule has 4 nitrogen and oxygen atoms in total. The highest BCUT2D eigenvalue weighted by molar-refractivity contribution is 5.77. The van der Waals surface area contributed by atoms with E-state index in [0.717, 1.165) is 5.56 Å². The number of ether oxygens (including phenoxy) is 1. The minimum absolute atomic E-state index is 0.00780. The van der Waals surface area contributed by atoms with Gasteiger partial charge in [-0.15, -0.1) is 0 Å². The lowest BCUT2D eigenvalue weighted by atomic mass is 10.1. The van der Waals surface area contributed by atoms with E-state index < -0.39 is 6.10 Å². The molecule has 0 radical (unpaired) electrons. The third-order valence-electron chi connectivity index (χ3n) is 2.47. The van der Waals surface area contributed by atoms with Gasteiger partial charge in [0.15, 0.2) is 6.61 Å². The van der Waals surface area contributed by atoms with Crippen molar-refractivity contribution in [3.63, 3.8) is 0 Å². The normalized spacial score (nSPS) is 12.3. The fraction of sp³-hybridized carbons (Fsp3) is 0.500. The maximum absolute atomic E-state index is 11.4. The Morgan fingerprint density at radius 3 is 2.44 bits per heavy atom. The van der Waals surface area contributed by atoms with Crippen LogP contribution in [0.4, 0.5) is 0 Å². The van der Waals surface area contributed by atoms with E-state index in [1.165, 1.54) is 0 Å². The molecule has 4 heteroatoms. The molecule has 0 heterocycles. The predicted octanol–water partition coefficient (Wildman–Crippen LogP) is 2.03. The van der Waals surface area contributed by atoms with E-state index >= 15 is 0 Å². The molecule has 18 heavy (non-hydrogen) atoms. The van der Waals surface area contributed by atoms with Crippen LogP contribution >= 0.6 is 0 Å². The van der Waals surface area contributed by atoms with Crippen molar-refractivity contribution in [2.75, 3.05) is 6.61 Å². The van der Waals surface area contributed by atoms with E-state index in [1.807, 2.05) is 32.9 Å². The van der Waals surface area contributed by atoms with E-state index in [0.29, 0.717) is 12.2 Å². The first kappa shape index (κ1) is 14.5. The van der Waals surface area contributed by atoms with Gasteiger partial charge in [-0.3, -0.25) is 4.79 Å². The maximum atomic E-state index is 11.4. The summed E-state index contributed by atoms with van der Waals surface area (Å²) in [6.07, 6.45) is 0.236. The quantitative estimate of drug-likeness (QED) is 0.813. The lowest BCUT2D eigenvalue weighted by molar-refractivity contribution is -0.123. The van der Waals surface area contributed by atoms with Gasteiger partial charge in [0.1, 0.15) is 5.75 Å². The Morgan fingerprint density at radius 1 is 1.33 bits per heavy atom. The molecular formula is C14H21NO3. The number of carbonyl (C=O) groups excluding carboxylic acids is 1. The maximum Gasteiger partial charge on any atom is 0.258 e. The second-order valence-electron chi connectivity index (χ2n) is 4.50. The molecule has 100 valence electrons. The topological polar surface area (TPSA) is 58.6 Å². The van der Waals surface area contributed by atoms with Crippen LogP contribution in [0.1, 0.15) is 38.9 Å². The van der Waals surface area contributed by atoms with Crippen LogP contribution in [-0.2, 0) is 4.79 Å². The second kappa shape index (κ2) is 7.01. The Hall–Kier alpha value is -1.55. The summed E-state index contributed by atoms with van der Waals surface area (Å²) in [6.45, 7) is 5.73. The van der Waals surface area contributed by atoms with Crippen LogP contribution in [0.5, 0.6) is 5.75 Å². The molecule has 0 saturated heterocycles. The minimum Gasteiger partial charge on any atom is -0.484 e. The van der Waals surface area contributed by atoms with Crippen LogP contribution in [0, 0.1) is 0 Å². The molecule has 0 bridgehead atoms. The van der Waals surface area contributed by atoms with Gasteiger partial charge < -0.3 is 15.2 Å². The molecule has 1 aromatic carbocycles. The SMILES string of the molecule is CC[C@H](O)c1ccc(OCC(=O)NC(C)C)cc1. The molecule has 0 aliphatic carbocycles. The summed E-state index contributed by atoms with van der Waals surface area (Å²) >= 11 is 0. The molecule has 0 saturated carbocycles. The number of benzene rings is 1. The summed E-state index contributed by atoms with van der Waals surface area (Å²) in [4.78, 5) is 11.4. The zero-order valence-electron chi connectivity index (χ0n) is 11.1. The predicted molar refractivity (Wildman–Crippen MR) is 70.5 cm³/mol. The molecule has 0 spiro atoms. The first-order chi connectivity index (χ1) is 8.52. The standard InChI is InChI=1S/C14H21NO3/c1-4-13(16)11-5-7-12(8-6-11)18-9-14(17)15-10(2)3/h5-8,10,13,16H,4,9H2,1-3H3,(H,15,17)/t13-/m0/s1. The Bertz CT molecular complexity index is 373. The zero-order valence-corrected chi connectivity index (χ0v) is 11.1. The molecular weight excluding hydrogens is 230 g/mol. The van der Waals surface area contributed by atoms with E-state index in [1.54, 1.807) is 12.1 Å². The Labute approximate surface area is 108 Å². The fourth-order valence-electron chi connectivity index (χ4n) is 1.53. The van der Waals surface area contributed by atoms with Gasteiger partial charge in [0, 0.05) is 6.04 Å². The molecule has 1 amide bonds. The van der Waals surface area contributed by atoms with E-state index in [9.17, 15) is 9.90 Å². The van der Waals surface area contributed by atoms with Crippen LogP contribution in [0.15, 0.2) is 24.3 Å². The van der Waals surface area contributed by atoms with Crippen LogP contribution in [0.25, 0.3) is 0 Å². The molecule has 0 fully saturated rings. The molecule has 2 N–H and O–H groups in total. The summed E-state index contributed by atoms with van der Waals surface area (Å²) in [5.41, 5.74) is 0.858. The van der Waals surface area contributed by atoms with Gasteiger partial charge in [0.2, 0.25) is 0 Å². The first-order valence-corrected chi connectivity index (χ1v) is 6.23. The summed E-state index contributed by atoms with van der Waals surface area (Å²) in [5.74, 6) is 0.489. The molecule has 0 aliphatic heterocycles. The van der Waals surface area contributed by atoms with Crippen molar-refractivity contribution in [2.24, 2.45) is 0 Å². The Balaban J connectivity index is 2.46. The summed E-state index contributed by atoms with van der Waals surface area (Å²) in [7, 11) is 0. The molecule has 1 atom stereocenters. The fourth-order valence-corrected chi connectivity index (χ4v) is 1.53. The monoisotopic (exact) mass is 251 g/mol. The third kappa shape index (κ3) is 4.75. The highest BCUT2D eigenvalue weighted by Gasteiger charge is 2.06. The number of carbonyl (C=O) groups is 1. The molecule has 0 unspecified atom stereocenters. The smallest absolute Gasteiger partial charge is 0.258 e. The van der Waals surface area contributed by atoms with Crippen molar-refractivity contribution in [3.05, 3.63) is 29.8 Å². The highest BCUT2D eigenvalue weighted by Crippen LogP contribution is 2.19. The van der Waals surface area contributed by atoms with Crippen molar-refractivity contribution in [2.45, 2.75) is 39.3 Å². The third-order valence-corrected chi connectivity index (χ3v) is 2.47. The van der Waals surface area contributed by atoms with Crippen molar-refractivity contribution in [1.82, 2.24) is 5.32 Å². The number of aliphatic hydroxyl groups is 1. The zero-order chi connectivity index (χ0) is 13.5. The van der Waals surface area contributed by atoms with Gasteiger partial charge in [-0.2, -0.15) is 0 Å². The second-order valence-corrected chi connectivity index (χ2v) is 4.50. The Kier molecular flexibility index (Phi) is 5.65. The summed E-state index contributed by atoms with van der Waals surface area (Å²) in [5, 5.41) is 12.4. The lowest BCUT2D eigenvalue weighted by Gasteiger charge is -2.11. The van der Waals surface area contributed by atoms with Gasteiger partial charge in [-0.05, 0) is 38.0 Å². The molecule has 0 aromatic heterocycles. The van der Waals surface area contributed by atoms with Crippen LogP contribution < -0.4 is 10.1 Å². The van der Waals surface area contributed by atoms with Crippen LogP contribution in [0.3, 0.4) is 0 Å². The van der Waals surface area contributed by atoms with Crippen LogP contribution in [-0.4, -0.2) is 23.7 Å². The Morgan fingerprint density at radius 2 is 1.94 bits per heavy atom. The van der Waals surface area contributed by atoms with Crippen molar-refractivity contribution in [3.8, 4) is 5.75 Å². The summed E-state index contributed by atoms with van der Waals surface area (Å²) in [6, 6.07) is 7.25. The average molecular weight is 251 g/mol. The number of amides is 1. The number of hydrogen-bond donors (Lipinski definition) is 2. The minimum atomic E-state index is -0.441. The largest absolute Gasteiger partial charge is 0.484 e. The van der Waals surface area contributed by atoms with E-state index in [-0.39, 0.29) is 18.6 Å².